The van der Waals surface area contributed by atoms with E-state index in [1.807, 2.05) is 60.4 Å². The predicted molar refractivity (Wildman–Crippen MR) is 105 cm³/mol. The van der Waals surface area contributed by atoms with Gasteiger partial charge < -0.3 is 5.32 Å². The first kappa shape index (κ1) is 17.5. The van der Waals surface area contributed by atoms with Crippen LogP contribution >= 0.6 is 0 Å². The van der Waals surface area contributed by atoms with Crippen molar-refractivity contribution in [3.8, 4) is 11.1 Å². The number of amides is 1. The van der Waals surface area contributed by atoms with E-state index in [9.17, 15) is 4.79 Å². The van der Waals surface area contributed by atoms with Crippen LogP contribution in [0, 0.1) is 5.92 Å². The maximum Gasteiger partial charge on any atom is 0.251 e. The van der Waals surface area contributed by atoms with Crippen molar-refractivity contribution in [2.24, 2.45) is 5.92 Å². The van der Waals surface area contributed by atoms with Crippen LogP contribution in [0.4, 0.5) is 0 Å². The first-order valence-electron chi connectivity index (χ1n) is 9.50. The Hall–Kier alpha value is -2.95. The van der Waals surface area contributed by atoms with Crippen molar-refractivity contribution in [2.45, 2.75) is 38.8 Å². The summed E-state index contributed by atoms with van der Waals surface area (Å²) in [7, 11) is 0. The molecule has 5 heteroatoms. The lowest BCUT2D eigenvalue weighted by molar-refractivity contribution is 0.0940. The van der Waals surface area contributed by atoms with Crippen molar-refractivity contribution >= 4 is 5.91 Å². The third-order valence-electron chi connectivity index (χ3n) is 4.90. The van der Waals surface area contributed by atoms with Gasteiger partial charge in [-0.05, 0) is 61.4 Å². The average molecular weight is 360 g/mol. The molecular formula is C22H24N4O. The summed E-state index contributed by atoms with van der Waals surface area (Å²) in [6, 6.07) is 11.7. The highest BCUT2D eigenvalue weighted by molar-refractivity contribution is 5.94. The molecule has 1 amide bonds. The normalized spacial score (nSPS) is 14.7. The summed E-state index contributed by atoms with van der Waals surface area (Å²) in [6.07, 6.45) is 11.0. The maximum absolute atomic E-state index is 12.5. The second-order valence-corrected chi connectivity index (χ2v) is 7.41. The minimum atomic E-state index is -0.0534. The van der Waals surface area contributed by atoms with Crippen LogP contribution in [0.25, 0.3) is 11.1 Å². The third-order valence-corrected chi connectivity index (χ3v) is 4.90. The number of nitrogens with zero attached hydrogens (tertiary/aromatic N) is 3. The Bertz CT molecular complexity index is 898. The van der Waals surface area contributed by atoms with Crippen molar-refractivity contribution < 1.29 is 4.79 Å². The second kappa shape index (κ2) is 7.74. The molecule has 4 rings (SSSR count). The van der Waals surface area contributed by atoms with Gasteiger partial charge in [-0.3, -0.25) is 14.5 Å². The standard InChI is InChI=1S/C22H24N4O/c1-16(11-18-3-2-10-23-12-18)25-22(27)20-8-6-19(7-9-20)21-13-24-26(15-21)14-17-4-5-17/h2-3,6-10,12-13,15-17H,4-5,11,14H2,1H3,(H,25,27)/t16-/m1/s1. The Balaban J connectivity index is 1.36. The van der Waals surface area contributed by atoms with Gasteiger partial charge in [0.25, 0.3) is 5.91 Å². The molecule has 1 aromatic carbocycles. The zero-order valence-electron chi connectivity index (χ0n) is 15.5. The largest absolute Gasteiger partial charge is 0.349 e. The molecule has 2 heterocycles. The van der Waals surface area contributed by atoms with Crippen LogP contribution < -0.4 is 5.32 Å². The minimum absolute atomic E-state index is 0.0435. The number of nitrogens with one attached hydrogen (secondary N) is 1. The second-order valence-electron chi connectivity index (χ2n) is 7.41. The first-order chi connectivity index (χ1) is 13.2. The number of carbonyl (C=O) groups excluding carboxylic acids is 1. The first-order valence-corrected chi connectivity index (χ1v) is 9.50. The lowest BCUT2D eigenvalue weighted by Gasteiger charge is -2.14. The molecular weight excluding hydrogens is 336 g/mol. The van der Waals surface area contributed by atoms with Crippen LogP contribution in [0.5, 0.6) is 0 Å². The molecule has 2 aromatic heterocycles. The number of hydrogen-bond acceptors (Lipinski definition) is 3. The van der Waals surface area contributed by atoms with E-state index in [1.165, 1.54) is 12.8 Å². The van der Waals surface area contributed by atoms with Crippen LogP contribution in [0.2, 0.25) is 0 Å². The summed E-state index contributed by atoms with van der Waals surface area (Å²) in [5, 5.41) is 7.50. The number of carbonyl (C=O) groups is 1. The van der Waals surface area contributed by atoms with Gasteiger partial charge in [-0.1, -0.05) is 18.2 Å². The van der Waals surface area contributed by atoms with E-state index in [0.29, 0.717) is 5.56 Å². The van der Waals surface area contributed by atoms with E-state index in [1.54, 1.807) is 6.20 Å². The molecule has 27 heavy (non-hydrogen) atoms. The molecule has 0 radical (unpaired) electrons. The van der Waals surface area contributed by atoms with E-state index >= 15 is 0 Å². The van der Waals surface area contributed by atoms with Crippen LogP contribution in [0.15, 0.2) is 61.2 Å². The molecule has 138 valence electrons. The van der Waals surface area contributed by atoms with Gasteiger partial charge in [-0.15, -0.1) is 0 Å². The summed E-state index contributed by atoms with van der Waals surface area (Å²) >= 11 is 0. The molecule has 0 unspecified atom stereocenters. The summed E-state index contributed by atoms with van der Waals surface area (Å²) in [6.45, 7) is 3.02. The SMILES string of the molecule is C[C@H](Cc1cccnc1)NC(=O)c1ccc(-c2cnn(CC3CC3)c2)cc1. The third kappa shape index (κ3) is 4.61. The summed E-state index contributed by atoms with van der Waals surface area (Å²) < 4.78 is 2.02. The van der Waals surface area contributed by atoms with Crippen molar-refractivity contribution in [2.75, 3.05) is 0 Å². The highest BCUT2D eigenvalue weighted by Crippen LogP contribution is 2.31. The van der Waals surface area contributed by atoms with E-state index in [0.717, 1.165) is 35.6 Å². The molecule has 0 aliphatic heterocycles. The molecule has 1 aliphatic carbocycles. The highest BCUT2D eigenvalue weighted by atomic mass is 16.1. The van der Waals surface area contributed by atoms with Gasteiger partial charge in [-0.2, -0.15) is 5.10 Å². The van der Waals surface area contributed by atoms with Crippen LogP contribution in [-0.2, 0) is 13.0 Å². The van der Waals surface area contributed by atoms with Gasteiger partial charge in [0.1, 0.15) is 0 Å². The lowest BCUT2D eigenvalue weighted by Crippen LogP contribution is -2.34. The molecule has 0 bridgehead atoms. The Morgan fingerprint density at radius 1 is 1.19 bits per heavy atom. The molecule has 1 N–H and O–H groups in total. The van der Waals surface area contributed by atoms with E-state index in [4.69, 9.17) is 0 Å². The molecule has 5 nitrogen and oxygen atoms in total. The number of pyridine rings is 1. The lowest BCUT2D eigenvalue weighted by atomic mass is 10.1. The summed E-state index contributed by atoms with van der Waals surface area (Å²) in [5.74, 6) is 0.750. The quantitative estimate of drug-likeness (QED) is 0.699. The number of hydrogen-bond donors (Lipinski definition) is 1. The average Bonchev–Trinajstić information content (AvgIpc) is 3.37. The Morgan fingerprint density at radius 2 is 2.00 bits per heavy atom. The summed E-state index contributed by atoms with van der Waals surface area (Å²) in [5.41, 5.74) is 3.95. The van der Waals surface area contributed by atoms with Gasteiger partial charge in [0.15, 0.2) is 0 Å². The number of rotatable bonds is 7. The van der Waals surface area contributed by atoms with Crippen molar-refractivity contribution in [3.05, 3.63) is 72.3 Å². The van der Waals surface area contributed by atoms with Crippen molar-refractivity contribution in [3.63, 3.8) is 0 Å². The zero-order valence-corrected chi connectivity index (χ0v) is 15.5. The fourth-order valence-corrected chi connectivity index (χ4v) is 3.22. The van der Waals surface area contributed by atoms with E-state index in [2.05, 4.69) is 21.6 Å². The van der Waals surface area contributed by atoms with Gasteiger partial charge in [0.2, 0.25) is 0 Å². The van der Waals surface area contributed by atoms with Gasteiger partial charge >= 0.3 is 0 Å². The Kier molecular flexibility index (Phi) is 5.01. The minimum Gasteiger partial charge on any atom is -0.349 e. The van der Waals surface area contributed by atoms with E-state index in [-0.39, 0.29) is 11.9 Å². The van der Waals surface area contributed by atoms with Gasteiger partial charge in [-0.25, -0.2) is 0 Å². The Labute approximate surface area is 159 Å². The predicted octanol–water partition coefficient (Wildman–Crippen LogP) is 3.72. The van der Waals surface area contributed by atoms with Crippen LogP contribution in [0.3, 0.4) is 0 Å². The van der Waals surface area contributed by atoms with Gasteiger partial charge in [0, 0.05) is 42.3 Å². The zero-order chi connectivity index (χ0) is 18.6. The smallest absolute Gasteiger partial charge is 0.251 e. The molecule has 3 aromatic rings. The Morgan fingerprint density at radius 3 is 2.70 bits per heavy atom. The summed E-state index contributed by atoms with van der Waals surface area (Å²) in [4.78, 5) is 16.6. The molecule has 0 saturated heterocycles. The number of aromatic nitrogens is 3. The maximum atomic E-state index is 12.5. The number of benzene rings is 1. The van der Waals surface area contributed by atoms with Crippen molar-refractivity contribution in [1.29, 1.82) is 0 Å². The fraction of sp³-hybridized carbons (Fsp3) is 0.318. The van der Waals surface area contributed by atoms with Crippen LogP contribution in [0.1, 0.15) is 35.7 Å². The molecule has 1 fully saturated rings. The molecule has 1 saturated carbocycles. The molecule has 0 spiro atoms. The molecule has 1 atom stereocenters. The highest BCUT2D eigenvalue weighted by Gasteiger charge is 2.22. The van der Waals surface area contributed by atoms with Crippen molar-refractivity contribution in [1.82, 2.24) is 20.1 Å². The van der Waals surface area contributed by atoms with Gasteiger partial charge in [0.05, 0.1) is 6.20 Å². The van der Waals surface area contributed by atoms with Crippen LogP contribution in [-0.4, -0.2) is 26.7 Å². The van der Waals surface area contributed by atoms with E-state index < -0.39 is 0 Å². The monoisotopic (exact) mass is 360 g/mol. The molecule has 1 aliphatic rings. The fourth-order valence-electron chi connectivity index (χ4n) is 3.22. The topological polar surface area (TPSA) is 59.8 Å².